The topological polar surface area (TPSA) is 47.8 Å². The monoisotopic (exact) mass is 207 g/mol. The second-order valence-corrected chi connectivity index (χ2v) is 4.27. The Bertz CT molecular complexity index is 338. The summed E-state index contributed by atoms with van der Waals surface area (Å²) in [4.78, 5) is 10.7. The first kappa shape index (κ1) is 10.3. The van der Waals surface area contributed by atoms with E-state index in [4.69, 9.17) is 0 Å². The molecule has 4 heteroatoms. The van der Waals surface area contributed by atoms with Crippen LogP contribution in [0.25, 0.3) is 0 Å². The highest BCUT2D eigenvalue weighted by atomic mass is 16.1. The summed E-state index contributed by atoms with van der Waals surface area (Å²) in [6.07, 6.45) is 8.30. The van der Waals surface area contributed by atoms with E-state index in [-0.39, 0.29) is 0 Å². The maximum absolute atomic E-state index is 10.7. The minimum Gasteiger partial charge on any atom is -0.296 e. The summed E-state index contributed by atoms with van der Waals surface area (Å²) in [5.74, 6) is 0. The average molecular weight is 207 g/mol. The molecule has 1 aliphatic carbocycles. The van der Waals surface area contributed by atoms with Crippen LogP contribution in [-0.2, 0) is 0 Å². The lowest BCUT2D eigenvalue weighted by Gasteiger charge is -2.15. The van der Waals surface area contributed by atoms with Crippen LogP contribution in [0.4, 0.5) is 0 Å². The Hall–Kier alpha value is -1.19. The van der Waals surface area contributed by atoms with Gasteiger partial charge in [-0.05, 0) is 19.8 Å². The van der Waals surface area contributed by atoms with Crippen LogP contribution >= 0.6 is 0 Å². The van der Waals surface area contributed by atoms with Crippen molar-refractivity contribution in [2.24, 2.45) is 0 Å². The predicted molar refractivity (Wildman–Crippen MR) is 56.9 cm³/mol. The molecule has 82 valence electrons. The Morgan fingerprint density at radius 1 is 1.27 bits per heavy atom. The van der Waals surface area contributed by atoms with Crippen molar-refractivity contribution in [3.63, 3.8) is 0 Å². The Kier molecular flexibility index (Phi) is 3.14. The second-order valence-electron chi connectivity index (χ2n) is 4.27. The van der Waals surface area contributed by atoms with E-state index in [0.29, 0.717) is 11.7 Å². The fourth-order valence-corrected chi connectivity index (χ4v) is 2.31. The van der Waals surface area contributed by atoms with Crippen LogP contribution in [0.3, 0.4) is 0 Å². The normalized spacial score (nSPS) is 18.7. The van der Waals surface area contributed by atoms with E-state index < -0.39 is 0 Å². The molecule has 1 heterocycles. The SMILES string of the molecule is Cc1c(C=O)nnn1C1CCCCCC1. The zero-order valence-electron chi connectivity index (χ0n) is 9.15. The molecule has 0 unspecified atom stereocenters. The van der Waals surface area contributed by atoms with E-state index in [2.05, 4.69) is 10.3 Å². The van der Waals surface area contributed by atoms with Gasteiger partial charge in [-0.1, -0.05) is 30.9 Å². The Morgan fingerprint density at radius 2 is 1.93 bits per heavy atom. The molecule has 1 fully saturated rings. The van der Waals surface area contributed by atoms with Crippen LogP contribution < -0.4 is 0 Å². The molecule has 2 rings (SSSR count). The Labute approximate surface area is 89.7 Å². The zero-order chi connectivity index (χ0) is 10.7. The molecule has 0 aliphatic heterocycles. The van der Waals surface area contributed by atoms with Gasteiger partial charge in [-0.2, -0.15) is 0 Å². The molecule has 0 saturated heterocycles. The minimum atomic E-state index is 0.452. The lowest BCUT2D eigenvalue weighted by molar-refractivity contribution is 0.111. The molecule has 0 atom stereocenters. The molecule has 1 aromatic rings. The number of aldehydes is 1. The third kappa shape index (κ3) is 2.08. The van der Waals surface area contributed by atoms with Gasteiger partial charge in [0, 0.05) is 0 Å². The zero-order valence-corrected chi connectivity index (χ0v) is 9.15. The van der Waals surface area contributed by atoms with Crippen molar-refractivity contribution >= 4 is 6.29 Å². The van der Waals surface area contributed by atoms with E-state index in [1.54, 1.807) is 0 Å². The maximum atomic E-state index is 10.7. The first-order chi connectivity index (χ1) is 7.33. The summed E-state index contributed by atoms with van der Waals surface area (Å²) in [7, 11) is 0. The average Bonchev–Trinajstić information content (AvgIpc) is 2.49. The van der Waals surface area contributed by atoms with E-state index in [1.807, 2.05) is 11.6 Å². The molecule has 0 radical (unpaired) electrons. The van der Waals surface area contributed by atoms with Gasteiger partial charge < -0.3 is 0 Å². The summed E-state index contributed by atoms with van der Waals surface area (Å²) in [6.45, 7) is 1.93. The Balaban J connectivity index is 2.19. The van der Waals surface area contributed by atoms with Crippen LogP contribution in [0.5, 0.6) is 0 Å². The highest BCUT2D eigenvalue weighted by Crippen LogP contribution is 2.27. The number of aromatic nitrogens is 3. The van der Waals surface area contributed by atoms with Crippen molar-refractivity contribution in [2.75, 3.05) is 0 Å². The van der Waals surface area contributed by atoms with Gasteiger partial charge in [0.25, 0.3) is 0 Å². The standard InChI is InChI=1S/C11H17N3O/c1-9-11(8-15)12-13-14(9)10-6-4-2-3-5-7-10/h8,10H,2-7H2,1H3. The van der Waals surface area contributed by atoms with Crippen LogP contribution in [0, 0.1) is 6.92 Å². The first-order valence-electron chi connectivity index (χ1n) is 5.70. The number of hydrogen-bond donors (Lipinski definition) is 0. The van der Waals surface area contributed by atoms with Crippen molar-refractivity contribution in [3.8, 4) is 0 Å². The number of nitrogens with zero attached hydrogens (tertiary/aromatic N) is 3. The van der Waals surface area contributed by atoms with E-state index in [1.165, 1.54) is 38.5 Å². The van der Waals surface area contributed by atoms with Crippen molar-refractivity contribution < 1.29 is 4.79 Å². The molecule has 0 aromatic carbocycles. The third-order valence-corrected chi connectivity index (χ3v) is 3.25. The number of carbonyl (C=O) groups excluding carboxylic acids is 1. The molecular formula is C11H17N3O. The van der Waals surface area contributed by atoms with Crippen LogP contribution in [0.2, 0.25) is 0 Å². The third-order valence-electron chi connectivity index (χ3n) is 3.25. The van der Waals surface area contributed by atoms with Crippen LogP contribution in [0.1, 0.15) is 60.7 Å². The van der Waals surface area contributed by atoms with Crippen molar-refractivity contribution in [1.29, 1.82) is 0 Å². The molecule has 0 bridgehead atoms. The van der Waals surface area contributed by atoms with Gasteiger partial charge in [0.2, 0.25) is 0 Å². The number of carbonyl (C=O) groups is 1. The smallest absolute Gasteiger partial charge is 0.172 e. The molecule has 0 N–H and O–H groups in total. The molecule has 1 aromatic heterocycles. The molecular weight excluding hydrogens is 190 g/mol. The molecule has 4 nitrogen and oxygen atoms in total. The second kappa shape index (κ2) is 4.55. The van der Waals surface area contributed by atoms with Crippen molar-refractivity contribution in [2.45, 2.75) is 51.5 Å². The highest BCUT2D eigenvalue weighted by Gasteiger charge is 2.18. The molecule has 0 spiro atoms. The fraction of sp³-hybridized carbons (Fsp3) is 0.727. The maximum Gasteiger partial charge on any atom is 0.172 e. The van der Waals surface area contributed by atoms with E-state index in [0.717, 1.165) is 12.0 Å². The quantitative estimate of drug-likeness (QED) is 0.552. The van der Waals surface area contributed by atoms with E-state index in [9.17, 15) is 4.79 Å². The number of rotatable bonds is 2. The fourth-order valence-electron chi connectivity index (χ4n) is 2.31. The van der Waals surface area contributed by atoms with Gasteiger partial charge >= 0.3 is 0 Å². The summed E-state index contributed by atoms with van der Waals surface area (Å²) in [5.41, 5.74) is 1.40. The highest BCUT2D eigenvalue weighted by molar-refractivity contribution is 5.72. The summed E-state index contributed by atoms with van der Waals surface area (Å²) in [6, 6.07) is 0.452. The largest absolute Gasteiger partial charge is 0.296 e. The molecule has 1 saturated carbocycles. The van der Waals surface area contributed by atoms with Crippen LogP contribution in [0.15, 0.2) is 0 Å². The van der Waals surface area contributed by atoms with Crippen molar-refractivity contribution in [3.05, 3.63) is 11.4 Å². The summed E-state index contributed by atoms with van der Waals surface area (Å²) >= 11 is 0. The summed E-state index contributed by atoms with van der Waals surface area (Å²) in [5, 5.41) is 7.97. The van der Waals surface area contributed by atoms with Gasteiger partial charge in [-0.15, -0.1) is 5.10 Å². The van der Waals surface area contributed by atoms with Gasteiger partial charge in [0.1, 0.15) is 5.69 Å². The van der Waals surface area contributed by atoms with Crippen molar-refractivity contribution in [1.82, 2.24) is 15.0 Å². The summed E-state index contributed by atoms with van der Waals surface area (Å²) < 4.78 is 1.94. The lowest BCUT2D eigenvalue weighted by Crippen LogP contribution is -2.11. The van der Waals surface area contributed by atoms with Gasteiger partial charge in [0.05, 0.1) is 11.7 Å². The van der Waals surface area contributed by atoms with E-state index >= 15 is 0 Å². The Morgan fingerprint density at radius 3 is 2.47 bits per heavy atom. The lowest BCUT2D eigenvalue weighted by atomic mass is 10.1. The van der Waals surface area contributed by atoms with Gasteiger partial charge in [0.15, 0.2) is 6.29 Å². The van der Waals surface area contributed by atoms with Gasteiger partial charge in [-0.3, -0.25) is 4.79 Å². The molecule has 15 heavy (non-hydrogen) atoms. The predicted octanol–water partition coefficient (Wildman–Crippen LogP) is 2.29. The number of hydrogen-bond acceptors (Lipinski definition) is 3. The molecule has 0 amide bonds. The first-order valence-corrected chi connectivity index (χ1v) is 5.70. The minimum absolute atomic E-state index is 0.452. The molecule has 1 aliphatic rings. The van der Waals surface area contributed by atoms with Crippen LogP contribution in [-0.4, -0.2) is 21.3 Å². The van der Waals surface area contributed by atoms with Gasteiger partial charge in [-0.25, -0.2) is 4.68 Å².